The predicted octanol–water partition coefficient (Wildman–Crippen LogP) is 4.70. The van der Waals surface area contributed by atoms with Gasteiger partial charge in [0, 0.05) is 29.6 Å². The Labute approximate surface area is 151 Å². The smallest absolute Gasteiger partial charge is 0.169 e. The number of nitrogens with zero attached hydrogens (tertiary/aromatic N) is 1. The number of hydrogen-bond acceptors (Lipinski definition) is 4. The van der Waals surface area contributed by atoms with Crippen molar-refractivity contribution in [1.82, 2.24) is 4.90 Å². The highest BCUT2D eigenvalue weighted by atomic mass is 35.5. The third kappa shape index (κ3) is 4.12. The molecule has 1 unspecified atom stereocenters. The Morgan fingerprint density at radius 2 is 2.17 bits per heavy atom. The van der Waals surface area contributed by atoms with Crippen molar-refractivity contribution in [2.24, 2.45) is 5.92 Å². The molecule has 0 amide bonds. The van der Waals surface area contributed by atoms with Crippen LogP contribution in [0.1, 0.15) is 45.4 Å². The minimum absolute atomic E-state index is 0.0168. The van der Waals surface area contributed by atoms with E-state index in [2.05, 4.69) is 4.90 Å². The summed E-state index contributed by atoms with van der Waals surface area (Å²) in [5.74, 6) is 0.305. The van der Waals surface area contributed by atoms with Crippen LogP contribution in [0, 0.1) is 5.92 Å². The Morgan fingerprint density at radius 3 is 2.88 bits per heavy atom. The second kappa shape index (κ2) is 7.60. The van der Waals surface area contributed by atoms with Gasteiger partial charge in [-0.25, -0.2) is 0 Å². The Hall–Kier alpha value is -1.49. The lowest BCUT2D eigenvalue weighted by atomic mass is 9.90. The molecule has 0 aliphatic carbocycles. The van der Waals surface area contributed by atoms with Crippen molar-refractivity contribution in [3.63, 3.8) is 0 Å². The lowest BCUT2D eigenvalue weighted by Crippen LogP contribution is -2.38. The van der Waals surface area contributed by atoms with Crippen molar-refractivity contribution in [1.29, 1.82) is 0 Å². The summed E-state index contributed by atoms with van der Waals surface area (Å²) in [6, 6.07) is 9.17. The Morgan fingerprint density at radius 1 is 1.33 bits per heavy atom. The van der Waals surface area contributed by atoms with Crippen molar-refractivity contribution < 1.29 is 9.59 Å². The second-order valence-corrected chi connectivity index (χ2v) is 7.67. The van der Waals surface area contributed by atoms with Gasteiger partial charge < -0.3 is 0 Å². The van der Waals surface area contributed by atoms with Crippen LogP contribution in [-0.2, 0) is 6.54 Å². The number of carbonyl (C=O) groups excluding carboxylic acids is 2. The maximum absolute atomic E-state index is 12.7. The van der Waals surface area contributed by atoms with Crippen LogP contribution in [0.5, 0.6) is 0 Å². The highest BCUT2D eigenvalue weighted by Crippen LogP contribution is 2.25. The zero-order valence-electron chi connectivity index (χ0n) is 13.6. The lowest BCUT2D eigenvalue weighted by Gasteiger charge is -2.31. The maximum Gasteiger partial charge on any atom is 0.169 e. The predicted molar refractivity (Wildman–Crippen MR) is 98.1 cm³/mol. The molecule has 2 aromatic rings. The fraction of sp³-hybridized carbons (Fsp3) is 0.368. The van der Waals surface area contributed by atoms with Gasteiger partial charge in [-0.3, -0.25) is 14.5 Å². The summed E-state index contributed by atoms with van der Waals surface area (Å²) in [7, 11) is 0. The van der Waals surface area contributed by atoms with Crippen molar-refractivity contribution >= 4 is 34.5 Å². The molecule has 0 N–H and O–H groups in total. The third-order valence-electron chi connectivity index (χ3n) is 4.39. The molecule has 24 heavy (non-hydrogen) atoms. The van der Waals surface area contributed by atoms with Crippen LogP contribution in [0.4, 0.5) is 0 Å². The van der Waals surface area contributed by atoms with E-state index in [0.717, 1.165) is 42.9 Å². The van der Waals surface area contributed by atoms with E-state index in [1.807, 2.05) is 23.6 Å². The molecular weight excluding hydrogens is 342 g/mol. The van der Waals surface area contributed by atoms with Gasteiger partial charge >= 0.3 is 0 Å². The van der Waals surface area contributed by atoms with E-state index in [1.165, 1.54) is 11.3 Å². The Balaban J connectivity index is 1.65. The molecule has 0 bridgehead atoms. The summed E-state index contributed by atoms with van der Waals surface area (Å²) in [5.41, 5.74) is 1.85. The average Bonchev–Trinajstić information content (AvgIpc) is 3.03. The molecule has 0 saturated carbocycles. The molecular formula is C19H20ClNO2S. The summed E-state index contributed by atoms with van der Waals surface area (Å²) < 4.78 is 0. The van der Waals surface area contributed by atoms with E-state index < -0.39 is 0 Å². The van der Waals surface area contributed by atoms with Gasteiger partial charge in [0.15, 0.2) is 11.6 Å². The molecule has 2 heterocycles. The van der Waals surface area contributed by atoms with E-state index >= 15 is 0 Å². The number of thiophene rings is 1. The first-order chi connectivity index (χ1) is 11.5. The topological polar surface area (TPSA) is 37.4 Å². The Bertz CT molecular complexity index is 755. The minimum atomic E-state index is 0.0168. The highest BCUT2D eigenvalue weighted by Gasteiger charge is 2.26. The van der Waals surface area contributed by atoms with Crippen LogP contribution in [0.25, 0.3) is 0 Å². The number of benzene rings is 1. The summed E-state index contributed by atoms with van der Waals surface area (Å²) in [5, 5.41) is 2.64. The standard InChI is InChI=1S/C19H20ClNO2S/c1-13(22)18-8-14(12-24-18)10-21-7-3-5-16(11-21)19(23)15-4-2-6-17(20)9-15/h2,4,6,8-9,12,16H,3,5,7,10-11H2,1H3. The summed E-state index contributed by atoms with van der Waals surface area (Å²) in [4.78, 5) is 27.2. The number of likely N-dealkylation sites (tertiary alicyclic amines) is 1. The molecule has 5 heteroatoms. The monoisotopic (exact) mass is 361 g/mol. The molecule has 3 rings (SSSR count). The number of hydrogen-bond donors (Lipinski definition) is 0. The van der Waals surface area contributed by atoms with Crippen LogP contribution in [-0.4, -0.2) is 29.6 Å². The quantitative estimate of drug-likeness (QED) is 0.724. The number of Topliss-reactive ketones (excluding diaryl/α,β-unsaturated/α-hetero) is 2. The normalized spacial score (nSPS) is 18.5. The van der Waals surface area contributed by atoms with Crippen molar-refractivity contribution in [3.8, 4) is 0 Å². The second-order valence-electron chi connectivity index (χ2n) is 6.32. The van der Waals surface area contributed by atoms with Crippen molar-refractivity contribution in [3.05, 3.63) is 56.7 Å². The van der Waals surface area contributed by atoms with E-state index in [4.69, 9.17) is 11.6 Å². The van der Waals surface area contributed by atoms with Gasteiger partial charge in [-0.15, -0.1) is 11.3 Å². The average molecular weight is 362 g/mol. The molecule has 3 nitrogen and oxygen atoms in total. The minimum Gasteiger partial charge on any atom is -0.298 e. The third-order valence-corrected chi connectivity index (χ3v) is 5.71. The Kier molecular flexibility index (Phi) is 5.49. The summed E-state index contributed by atoms with van der Waals surface area (Å²) >= 11 is 7.50. The first-order valence-corrected chi connectivity index (χ1v) is 9.39. The van der Waals surface area contributed by atoms with Crippen LogP contribution >= 0.6 is 22.9 Å². The maximum atomic E-state index is 12.7. The van der Waals surface area contributed by atoms with Crippen molar-refractivity contribution in [2.45, 2.75) is 26.3 Å². The summed E-state index contributed by atoms with van der Waals surface area (Å²) in [6.45, 7) is 4.14. The van der Waals surface area contributed by atoms with Crippen LogP contribution in [0.2, 0.25) is 5.02 Å². The van der Waals surface area contributed by atoms with Crippen molar-refractivity contribution in [2.75, 3.05) is 13.1 Å². The van der Waals surface area contributed by atoms with Gasteiger partial charge in [-0.1, -0.05) is 23.7 Å². The van der Waals surface area contributed by atoms with E-state index in [9.17, 15) is 9.59 Å². The number of carbonyl (C=O) groups is 2. The summed E-state index contributed by atoms with van der Waals surface area (Å²) in [6.07, 6.45) is 1.94. The van der Waals surface area contributed by atoms with Gasteiger partial charge in [-0.05, 0) is 55.5 Å². The highest BCUT2D eigenvalue weighted by molar-refractivity contribution is 7.12. The molecule has 1 atom stereocenters. The molecule has 1 aromatic heterocycles. The number of piperidine rings is 1. The van der Waals surface area contributed by atoms with E-state index in [-0.39, 0.29) is 17.5 Å². The zero-order valence-corrected chi connectivity index (χ0v) is 15.2. The van der Waals surface area contributed by atoms with E-state index in [1.54, 1.807) is 19.1 Å². The number of halogens is 1. The molecule has 1 fully saturated rings. The number of ketones is 2. The van der Waals surface area contributed by atoms with Crippen LogP contribution < -0.4 is 0 Å². The van der Waals surface area contributed by atoms with Gasteiger partial charge in [0.05, 0.1) is 4.88 Å². The molecule has 1 aliphatic heterocycles. The molecule has 1 saturated heterocycles. The molecule has 0 radical (unpaired) electrons. The largest absolute Gasteiger partial charge is 0.298 e. The molecule has 1 aliphatic rings. The van der Waals surface area contributed by atoms with Crippen LogP contribution in [0.15, 0.2) is 35.7 Å². The van der Waals surface area contributed by atoms with Gasteiger partial charge in [0.2, 0.25) is 0 Å². The van der Waals surface area contributed by atoms with Gasteiger partial charge in [0.1, 0.15) is 0 Å². The molecule has 1 aromatic carbocycles. The van der Waals surface area contributed by atoms with Gasteiger partial charge in [0.25, 0.3) is 0 Å². The first kappa shape index (κ1) is 17.3. The zero-order chi connectivity index (χ0) is 17.1. The fourth-order valence-corrected chi connectivity index (χ4v) is 4.19. The fourth-order valence-electron chi connectivity index (χ4n) is 3.19. The number of rotatable bonds is 5. The SMILES string of the molecule is CC(=O)c1cc(CN2CCCC(C(=O)c3cccc(Cl)c3)C2)cs1. The lowest BCUT2D eigenvalue weighted by molar-refractivity contribution is 0.0811. The molecule has 0 spiro atoms. The van der Waals surface area contributed by atoms with Gasteiger partial charge in [-0.2, -0.15) is 0 Å². The van der Waals surface area contributed by atoms with E-state index in [0.29, 0.717) is 10.6 Å². The van der Waals surface area contributed by atoms with Crippen LogP contribution in [0.3, 0.4) is 0 Å². The molecule has 126 valence electrons. The first-order valence-electron chi connectivity index (χ1n) is 8.13.